The molecule has 0 unspecified atom stereocenters. The van der Waals surface area contributed by atoms with Gasteiger partial charge < -0.3 is 9.67 Å². The molecule has 2 nitrogen and oxygen atoms in total. The van der Waals surface area contributed by atoms with Gasteiger partial charge in [-0.25, -0.2) is 0 Å². The lowest BCUT2D eigenvalue weighted by atomic mass is 10.1. The van der Waals surface area contributed by atoms with Crippen LogP contribution in [0.25, 0.3) is 10.9 Å². The first kappa shape index (κ1) is 9.28. The van der Waals surface area contributed by atoms with Gasteiger partial charge in [0.25, 0.3) is 0 Å². The summed E-state index contributed by atoms with van der Waals surface area (Å²) in [6, 6.07) is 8.35. The second kappa shape index (κ2) is 3.46. The van der Waals surface area contributed by atoms with Crippen LogP contribution in [0.3, 0.4) is 0 Å². The maximum absolute atomic E-state index is 9.33. The van der Waals surface area contributed by atoms with Crippen LogP contribution in [0.5, 0.6) is 0 Å². The van der Waals surface area contributed by atoms with Crippen molar-refractivity contribution in [3.05, 3.63) is 36.0 Å². The maximum Gasteiger partial charge on any atom is 0.0691 e. The predicted octanol–water partition coefficient (Wildman–Crippen LogP) is 2.33. The summed E-state index contributed by atoms with van der Waals surface area (Å²) < 4.78 is 2.09. The molecule has 0 fully saturated rings. The first-order chi connectivity index (χ1) is 6.68. The van der Waals surface area contributed by atoms with Gasteiger partial charge >= 0.3 is 0 Å². The average molecular weight is 189 g/mol. The number of rotatable bonds is 2. The van der Waals surface area contributed by atoms with Crippen LogP contribution in [0, 0.1) is 6.92 Å². The normalized spacial score (nSPS) is 13.4. The Morgan fingerprint density at radius 2 is 2.14 bits per heavy atom. The third kappa shape index (κ3) is 1.53. The van der Waals surface area contributed by atoms with Crippen molar-refractivity contribution in [2.75, 3.05) is 0 Å². The summed E-state index contributed by atoms with van der Waals surface area (Å²) in [5, 5.41) is 10.6. The van der Waals surface area contributed by atoms with Gasteiger partial charge in [0.15, 0.2) is 0 Å². The highest BCUT2D eigenvalue weighted by atomic mass is 16.3. The number of aryl methyl sites for hydroxylation is 1. The summed E-state index contributed by atoms with van der Waals surface area (Å²) in [5.41, 5.74) is 2.48. The van der Waals surface area contributed by atoms with Crippen molar-refractivity contribution in [2.45, 2.75) is 26.5 Å². The Balaban J connectivity index is 2.52. The first-order valence-electron chi connectivity index (χ1n) is 4.91. The Morgan fingerprint density at radius 1 is 1.36 bits per heavy atom. The third-order valence-electron chi connectivity index (χ3n) is 2.49. The summed E-state index contributed by atoms with van der Waals surface area (Å²) >= 11 is 0. The molecule has 0 bridgehead atoms. The Morgan fingerprint density at radius 3 is 2.86 bits per heavy atom. The highest BCUT2D eigenvalue weighted by Gasteiger charge is 2.04. The number of fused-ring (bicyclic) bond motifs is 1. The van der Waals surface area contributed by atoms with Crippen molar-refractivity contribution in [1.29, 1.82) is 0 Å². The molecule has 0 aliphatic rings. The molecular weight excluding hydrogens is 174 g/mol. The minimum atomic E-state index is -0.300. The van der Waals surface area contributed by atoms with E-state index in [1.54, 1.807) is 0 Å². The van der Waals surface area contributed by atoms with E-state index in [0.717, 1.165) is 0 Å². The average Bonchev–Trinajstić information content (AvgIpc) is 2.49. The standard InChI is InChI=1S/C12H15NO/c1-9-4-3-5-12-11(9)6-7-13(12)8-10(2)14/h3-7,10,14H,8H2,1-2H3/t10-/m0/s1. The Kier molecular flexibility index (Phi) is 2.30. The molecule has 0 spiro atoms. The van der Waals surface area contributed by atoms with Crippen molar-refractivity contribution in [3.63, 3.8) is 0 Å². The molecule has 1 N–H and O–H groups in total. The molecule has 2 rings (SSSR count). The Labute approximate surface area is 83.8 Å². The van der Waals surface area contributed by atoms with Gasteiger partial charge in [-0.2, -0.15) is 0 Å². The second-order valence-corrected chi connectivity index (χ2v) is 3.82. The van der Waals surface area contributed by atoms with E-state index in [4.69, 9.17) is 0 Å². The molecular formula is C12H15NO. The van der Waals surface area contributed by atoms with Crippen molar-refractivity contribution in [2.24, 2.45) is 0 Å². The van der Waals surface area contributed by atoms with Crippen LogP contribution in [0.4, 0.5) is 0 Å². The molecule has 1 atom stereocenters. The van der Waals surface area contributed by atoms with Crippen LogP contribution in [-0.4, -0.2) is 15.8 Å². The van der Waals surface area contributed by atoms with Crippen LogP contribution < -0.4 is 0 Å². The summed E-state index contributed by atoms with van der Waals surface area (Å²) in [4.78, 5) is 0. The fraction of sp³-hybridized carbons (Fsp3) is 0.333. The lowest BCUT2D eigenvalue weighted by molar-refractivity contribution is 0.175. The van der Waals surface area contributed by atoms with Gasteiger partial charge in [-0.15, -0.1) is 0 Å². The highest BCUT2D eigenvalue weighted by Crippen LogP contribution is 2.19. The van der Waals surface area contributed by atoms with E-state index in [2.05, 4.69) is 35.8 Å². The molecule has 14 heavy (non-hydrogen) atoms. The van der Waals surface area contributed by atoms with E-state index in [-0.39, 0.29) is 6.10 Å². The molecule has 1 aromatic heterocycles. The highest BCUT2D eigenvalue weighted by molar-refractivity contribution is 5.83. The molecule has 0 radical (unpaired) electrons. The van der Waals surface area contributed by atoms with Crippen molar-refractivity contribution < 1.29 is 5.11 Å². The van der Waals surface area contributed by atoms with Gasteiger partial charge in [-0.3, -0.25) is 0 Å². The summed E-state index contributed by atoms with van der Waals surface area (Å²) in [6.07, 6.45) is 1.73. The Bertz CT molecular complexity index is 443. The Hall–Kier alpha value is -1.28. The van der Waals surface area contributed by atoms with Gasteiger partial charge in [0, 0.05) is 23.6 Å². The van der Waals surface area contributed by atoms with Gasteiger partial charge in [0.1, 0.15) is 0 Å². The lowest BCUT2D eigenvalue weighted by Crippen LogP contribution is -2.10. The number of aliphatic hydroxyl groups is 1. The monoisotopic (exact) mass is 189 g/mol. The molecule has 1 heterocycles. The SMILES string of the molecule is Cc1cccc2c1ccn2C[C@H](C)O. The van der Waals surface area contributed by atoms with Gasteiger partial charge in [0.05, 0.1) is 6.10 Å². The van der Waals surface area contributed by atoms with Crippen LogP contribution in [-0.2, 0) is 6.54 Å². The van der Waals surface area contributed by atoms with E-state index in [1.165, 1.54) is 16.5 Å². The quantitative estimate of drug-likeness (QED) is 0.770. The zero-order valence-electron chi connectivity index (χ0n) is 8.57. The summed E-state index contributed by atoms with van der Waals surface area (Å²) in [6.45, 7) is 4.57. The van der Waals surface area contributed by atoms with Gasteiger partial charge in [0.2, 0.25) is 0 Å². The molecule has 0 saturated carbocycles. The second-order valence-electron chi connectivity index (χ2n) is 3.82. The van der Waals surface area contributed by atoms with Gasteiger partial charge in [-0.05, 0) is 31.5 Å². The van der Waals surface area contributed by atoms with Crippen LogP contribution >= 0.6 is 0 Å². The minimum absolute atomic E-state index is 0.300. The maximum atomic E-state index is 9.33. The number of nitrogens with zero attached hydrogens (tertiary/aromatic N) is 1. The lowest BCUT2D eigenvalue weighted by Gasteiger charge is -2.07. The van der Waals surface area contributed by atoms with Crippen LogP contribution in [0.1, 0.15) is 12.5 Å². The fourth-order valence-electron chi connectivity index (χ4n) is 1.82. The largest absolute Gasteiger partial charge is 0.392 e. The summed E-state index contributed by atoms with van der Waals surface area (Å²) in [7, 11) is 0. The molecule has 0 saturated heterocycles. The molecule has 2 heteroatoms. The van der Waals surface area contributed by atoms with E-state index >= 15 is 0 Å². The van der Waals surface area contributed by atoms with E-state index in [9.17, 15) is 5.11 Å². The smallest absolute Gasteiger partial charge is 0.0691 e. The molecule has 2 aromatic rings. The first-order valence-corrected chi connectivity index (χ1v) is 4.91. The minimum Gasteiger partial charge on any atom is -0.392 e. The number of hydrogen-bond donors (Lipinski definition) is 1. The number of aliphatic hydroxyl groups excluding tert-OH is 1. The van der Waals surface area contributed by atoms with Crippen LogP contribution in [0.2, 0.25) is 0 Å². The van der Waals surface area contributed by atoms with Gasteiger partial charge in [-0.1, -0.05) is 12.1 Å². The third-order valence-corrected chi connectivity index (χ3v) is 2.49. The number of hydrogen-bond acceptors (Lipinski definition) is 1. The zero-order valence-corrected chi connectivity index (χ0v) is 8.57. The molecule has 1 aromatic carbocycles. The van der Waals surface area contributed by atoms with Crippen molar-refractivity contribution in [3.8, 4) is 0 Å². The molecule has 74 valence electrons. The topological polar surface area (TPSA) is 25.2 Å². The molecule has 0 amide bonds. The number of benzene rings is 1. The van der Waals surface area contributed by atoms with Crippen molar-refractivity contribution in [1.82, 2.24) is 4.57 Å². The van der Waals surface area contributed by atoms with Crippen LogP contribution in [0.15, 0.2) is 30.5 Å². The number of aromatic nitrogens is 1. The molecule has 0 aliphatic heterocycles. The van der Waals surface area contributed by atoms with E-state index < -0.39 is 0 Å². The zero-order chi connectivity index (χ0) is 10.1. The van der Waals surface area contributed by atoms with E-state index in [1.807, 2.05) is 13.1 Å². The van der Waals surface area contributed by atoms with E-state index in [0.29, 0.717) is 6.54 Å². The fourth-order valence-corrected chi connectivity index (χ4v) is 1.82. The summed E-state index contributed by atoms with van der Waals surface area (Å²) in [5.74, 6) is 0. The predicted molar refractivity (Wildman–Crippen MR) is 58.4 cm³/mol. The van der Waals surface area contributed by atoms with Crippen molar-refractivity contribution >= 4 is 10.9 Å². The molecule has 0 aliphatic carbocycles.